The molecule has 1 aromatic carbocycles. The van der Waals surface area contributed by atoms with Gasteiger partial charge in [-0.15, -0.1) is 0 Å². The number of rotatable bonds is 2. The van der Waals surface area contributed by atoms with Crippen LogP contribution in [-0.2, 0) is 0 Å². The van der Waals surface area contributed by atoms with Crippen LogP contribution in [0.5, 0.6) is 0 Å². The number of carbonyl (C=O) groups excluding carboxylic acids is 1. The molecule has 0 heterocycles. The molecule has 1 aliphatic rings. The van der Waals surface area contributed by atoms with Gasteiger partial charge in [0, 0.05) is 6.04 Å². The van der Waals surface area contributed by atoms with Gasteiger partial charge in [0.25, 0.3) is 5.91 Å². The van der Waals surface area contributed by atoms with Crippen molar-refractivity contribution < 1.29 is 26.7 Å². The molecular formula is C14H14F5NO. The number of halogens is 5. The normalized spacial score (nSPS) is 22.2. The molecule has 1 unspecified atom stereocenters. The van der Waals surface area contributed by atoms with Crippen LogP contribution in [0, 0.1) is 35.0 Å². The fourth-order valence-corrected chi connectivity index (χ4v) is 2.58. The third-order valence-corrected chi connectivity index (χ3v) is 3.86. The molecule has 2 nitrogen and oxygen atoms in total. The maximum absolute atomic E-state index is 13.5. The van der Waals surface area contributed by atoms with E-state index in [1.165, 1.54) is 0 Å². The van der Waals surface area contributed by atoms with E-state index >= 15 is 0 Å². The Hall–Kier alpha value is -1.66. The van der Waals surface area contributed by atoms with E-state index in [2.05, 4.69) is 5.32 Å². The van der Waals surface area contributed by atoms with Crippen molar-refractivity contribution >= 4 is 5.91 Å². The summed E-state index contributed by atoms with van der Waals surface area (Å²) in [5.41, 5.74) is -1.43. The van der Waals surface area contributed by atoms with Gasteiger partial charge < -0.3 is 5.32 Å². The largest absolute Gasteiger partial charge is 0.349 e. The topological polar surface area (TPSA) is 29.1 Å². The van der Waals surface area contributed by atoms with Gasteiger partial charge in [0.1, 0.15) is 5.56 Å². The van der Waals surface area contributed by atoms with E-state index in [4.69, 9.17) is 0 Å². The summed E-state index contributed by atoms with van der Waals surface area (Å²) < 4.78 is 66.1. The first-order chi connectivity index (χ1) is 9.84. The fourth-order valence-electron chi connectivity index (χ4n) is 2.58. The minimum atomic E-state index is -2.27. The summed E-state index contributed by atoms with van der Waals surface area (Å²) in [6.45, 7) is 1.86. The molecule has 1 amide bonds. The lowest BCUT2D eigenvalue weighted by atomic mass is 9.86. The summed E-state index contributed by atoms with van der Waals surface area (Å²) >= 11 is 0. The molecule has 7 heteroatoms. The van der Waals surface area contributed by atoms with Crippen molar-refractivity contribution in [2.24, 2.45) is 5.92 Å². The van der Waals surface area contributed by atoms with Crippen LogP contribution >= 0.6 is 0 Å². The Morgan fingerprint density at radius 2 is 1.38 bits per heavy atom. The Morgan fingerprint density at radius 3 is 1.90 bits per heavy atom. The monoisotopic (exact) mass is 307 g/mol. The van der Waals surface area contributed by atoms with Gasteiger partial charge in [-0.25, -0.2) is 22.0 Å². The van der Waals surface area contributed by atoms with Crippen LogP contribution in [0.25, 0.3) is 0 Å². The highest BCUT2D eigenvalue weighted by Gasteiger charge is 2.31. The predicted octanol–water partition coefficient (Wildman–Crippen LogP) is 3.69. The standard InChI is InChI=1S/C14H14F5NO/c1-6-4-2-3-5-7(6)20-14(21)8-9(15)11(17)13(19)12(18)10(8)16/h6-7H,2-5H2,1H3,(H,20,21)/t6-,7?/m0/s1. The van der Waals surface area contributed by atoms with E-state index in [1.54, 1.807) is 0 Å². The molecule has 2 rings (SSSR count). The number of amides is 1. The molecule has 0 spiro atoms. The van der Waals surface area contributed by atoms with Crippen molar-refractivity contribution in [3.63, 3.8) is 0 Å². The Balaban J connectivity index is 2.31. The third-order valence-electron chi connectivity index (χ3n) is 3.86. The Labute approximate surface area is 118 Å². The van der Waals surface area contributed by atoms with Gasteiger partial charge in [0.05, 0.1) is 0 Å². The van der Waals surface area contributed by atoms with E-state index in [0.717, 1.165) is 19.3 Å². The maximum atomic E-state index is 13.5. The van der Waals surface area contributed by atoms with Crippen molar-refractivity contribution in [2.75, 3.05) is 0 Å². The molecule has 2 atom stereocenters. The van der Waals surface area contributed by atoms with Crippen molar-refractivity contribution in [2.45, 2.75) is 38.6 Å². The van der Waals surface area contributed by atoms with E-state index in [9.17, 15) is 26.7 Å². The summed E-state index contributed by atoms with van der Waals surface area (Å²) in [5.74, 6) is -11.9. The zero-order valence-electron chi connectivity index (χ0n) is 11.3. The molecule has 0 aromatic heterocycles. The first kappa shape index (κ1) is 15.7. The second-order valence-corrected chi connectivity index (χ2v) is 5.29. The van der Waals surface area contributed by atoms with Crippen molar-refractivity contribution in [1.29, 1.82) is 0 Å². The molecule has 0 radical (unpaired) electrons. The molecule has 1 saturated carbocycles. The zero-order valence-corrected chi connectivity index (χ0v) is 11.3. The summed E-state index contributed by atoms with van der Waals surface area (Å²) in [5, 5.41) is 2.37. The summed E-state index contributed by atoms with van der Waals surface area (Å²) in [6, 6.07) is -0.332. The molecule has 1 aliphatic carbocycles. The quantitative estimate of drug-likeness (QED) is 0.504. The van der Waals surface area contributed by atoms with E-state index in [1.807, 2.05) is 6.92 Å². The highest BCUT2D eigenvalue weighted by atomic mass is 19.2. The molecule has 1 fully saturated rings. The van der Waals surface area contributed by atoms with Crippen LogP contribution in [0.2, 0.25) is 0 Å². The fraction of sp³-hybridized carbons (Fsp3) is 0.500. The molecular weight excluding hydrogens is 293 g/mol. The Morgan fingerprint density at radius 1 is 0.905 bits per heavy atom. The second-order valence-electron chi connectivity index (χ2n) is 5.29. The van der Waals surface area contributed by atoms with Gasteiger partial charge in [-0.3, -0.25) is 4.79 Å². The summed E-state index contributed by atoms with van der Waals surface area (Å²) in [4.78, 5) is 11.9. The van der Waals surface area contributed by atoms with Crippen LogP contribution < -0.4 is 5.32 Å². The minimum Gasteiger partial charge on any atom is -0.349 e. The van der Waals surface area contributed by atoms with Crippen LogP contribution in [-0.4, -0.2) is 11.9 Å². The van der Waals surface area contributed by atoms with Crippen molar-refractivity contribution in [3.8, 4) is 0 Å². The number of hydrogen-bond acceptors (Lipinski definition) is 1. The molecule has 0 bridgehead atoms. The molecule has 116 valence electrons. The van der Waals surface area contributed by atoms with E-state index in [0.29, 0.717) is 6.42 Å². The zero-order chi connectivity index (χ0) is 15.7. The molecule has 21 heavy (non-hydrogen) atoms. The second kappa shape index (κ2) is 5.99. The average molecular weight is 307 g/mol. The van der Waals surface area contributed by atoms with Crippen molar-refractivity contribution in [1.82, 2.24) is 5.32 Å². The van der Waals surface area contributed by atoms with Gasteiger partial charge >= 0.3 is 0 Å². The minimum absolute atomic E-state index is 0.0870. The Kier molecular flexibility index (Phi) is 4.49. The van der Waals surface area contributed by atoms with Crippen LogP contribution in [0.4, 0.5) is 22.0 Å². The van der Waals surface area contributed by atoms with Gasteiger partial charge in [-0.1, -0.05) is 19.8 Å². The molecule has 0 aliphatic heterocycles. The predicted molar refractivity (Wildman–Crippen MR) is 65.1 cm³/mol. The number of hydrogen-bond donors (Lipinski definition) is 1. The van der Waals surface area contributed by atoms with E-state index in [-0.39, 0.29) is 12.0 Å². The lowest BCUT2D eigenvalue weighted by molar-refractivity contribution is 0.0898. The smallest absolute Gasteiger partial charge is 0.257 e. The number of nitrogens with one attached hydrogen (secondary N) is 1. The highest BCUT2D eigenvalue weighted by Crippen LogP contribution is 2.26. The Bertz CT molecular complexity index is 546. The van der Waals surface area contributed by atoms with Crippen molar-refractivity contribution in [3.05, 3.63) is 34.6 Å². The first-order valence-corrected chi connectivity index (χ1v) is 6.66. The summed E-state index contributed by atoms with van der Waals surface area (Å²) in [7, 11) is 0. The van der Waals surface area contributed by atoms with Gasteiger partial charge in [0.15, 0.2) is 23.3 Å². The molecule has 0 saturated heterocycles. The van der Waals surface area contributed by atoms with Gasteiger partial charge in [-0.2, -0.15) is 0 Å². The van der Waals surface area contributed by atoms with Crippen LogP contribution in [0.3, 0.4) is 0 Å². The number of carbonyl (C=O) groups is 1. The van der Waals surface area contributed by atoms with Gasteiger partial charge in [0.2, 0.25) is 5.82 Å². The average Bonchev–Trinajstić information content (AvgIpc) is 2.46. The van der Waals surface area contributed by atoms with E-state index < -0.39 is 40.6 Å². The first-order valence-electron chi connectivity index (χ1n) is 6.66. The molecule has 1 aromatic rings. The van der Waals surface area contributed by atoms with Crippen LogP contribution in [0.1, 0.15) is 43.0 Å². The number of benzene rings is 1. The lowest BCUT2D eigenvalue weighted by Gasteiger charge is -2.29. The molecule has 1 N–H and O–H groups in total. The SMILES string of the molecule is C[C@H]1CCCCC1NC(=O)c1c(F)c(F)c(F)c(F)c1F. The van der Waals surface area contributed by atoms with Gasteiger partial charge in [-0.05, 0) is 18.8 Å². The highest BCUT2D eigenvalue weighted by molar-refractivity contribution is 5.95. The lowest BCUT2D eigenvalue weighted by Crippen LogP contribution is -2.42. The third kappa shape index (κ3) is 2.87. The summed E-state index contributed by atoms with van der Waals surface area (Å²) in [6.07, 6.45) is 3.27. The van der Waals surface area contributed by atoms with Crippen LogP contribution in [0.15, 0.2) is 0 Å². The maximum Gasteiger partial charge on any atom is 0.257 e.